The minimum atomic E-state index is -3.70. The van der Waals surface area contributed by atoms with E-state index in [1.54, 1.807) is 25.3 Å². The van der Waals surface area contributed by atoms with Crippen LogP contribution in [0.25, 0.3) is 0 Å². The predicted molar refractivity (Wildman–Crippen MR) is 92.6 cm³/mol. The Bertz CT molecular complexity index is 802. The quantitative estimate of drug-likeness (QED) is 0.751. The normalized spacial score (nSPS) is 11.1. The Kier molecular flexibility index (Phi) is 5.94. The molecular formula is C17H20N2O4S. The second-order valence-electron chi connectivity index (χ2n) is 5.25. The SMILES string of the molecule is COCCNC(=O)c1ccc(S(=O)(=O)Nc2cccc(C)c2)cc1. The predicted octanol–water partition coefficient (Wildman–Crippen LogP) is 2.17. The fourth-order valence-corrected chi connectivity index (χ4v) is 3.13. The summed E-state index contributed by atoms with van der Waals surface area (Å²) in [5, 5.41) is 2.68. The number of hydrogen-bond donors (Lipinski definition) is 2. The van der Waals surface area contributed by atoms with Crippen LogP contribution in [0.4, 0.5) is 5.69 Å². The van der Waals surface area contributed by atoms with Crippen LogP contribution < -0.4 is 10.0 Å². The van der Waals surface area contributed by atoms with E-state index in [1.807, 2.05) is 13.0 Å². The second-order valence-corrected chi connectivity index (χ2v) is 6.93. The lowest BCUT2D eigenvalue weighted by molar-refractivity contribution is 0.0937. The van der Waals surface area contributed by atoms with Gasteiger partial charge in [-0.3, -0.25) is 9.52 Å². The topological polar surface area (TPSA) is 84.5 Å². The molecule has 0 bridgehead atoms. The van der Waals surface area contributed by atoms with Gasteiger partial charge in [0.2, 0.25) is 0 Å². The largest absolute Gasteiger partial charge is 0.383 e. The Labute approximate surface area is 141 Å². The number of sulfonamides is 1. The Morgan fingerprint density at radius 1 is 1.12 bits per heavy atom. The molecule has 0 atom stereocenters. The lowest BCUT2D eigenvalue weighted by atomic mass is 10.2. The standard InChI is InChI=1S/C17H20N2O4S/c1-13-4-3-5-15(12-13)19-24(21,22)16-8-6-14(7-9-16)17(20)18-10-11-23-2/h3-9,12,19H,10-11H2,1-2H3,(H,18,20). The maximum atomic E-state index is 12.4. The molecule has 2 aromatic rings. The monoisotopic (exact) mass is 348 g/mol. The Hall–Kier alpha value is -2.38. The smallest absolute Gasteiger partial charge is 0.261 e. The van der Waals surface area contributed by atoms with Gasteiger partial charge < -0.3 is 10.1 Å². The molecule has 0 fully saturated rings. The summed E-state index contributed by atoms with van der Waals surface area (Å²) in [6, 6.07) is 12.9. The van der Waals surface area contributed by atoms with Crippen LogP contribution in [0, 0.1) is 6.92 Å². The van der Waals surface area contributed by atoms with Crippen molar-refractivity contribution in [1.82, 2.24) is 5.32 Å². The van der Waals surface area contributed by atoms with Gasteiger partial charge in [-0.1, -0.05) is 12.1 Å². The van der Waals surface area contributed by atoms with Gasteiger partial charge in [0.25, 0.3) is 15.9 Å². The molecule has 0 aromatic heterocycles. The molecule has 0 spiro atoms. The number of carbonyl (C=O) groups excluding carboxylic acids is 1. The van der Waals surface area contributed by atoms with E-state index < -0.39 is 10.0 Å². The van der Waals surface area contributed by atoms with Gasteiger partial charge in [0.05, 0.1) is 11.5 Å². The van der Waals surface area contributed by atoms with Crippen molar-refractivity contribution >= 4 is 21.6 Å². The van der Waals surface area contributed by atoms with Crippen LogP contribution in [0.2, 0.25) is 0 Å². The molecule has 2 aromatic carbocycles. The number of carbonyl (C=O) groups is 1. The van der Waals surface area contributed by atoms with Crippen LogP contribution in [-0.2, 0) is 14.8 Å². The van der Waals surface area contributed by atoms with Gasteiger partial charge in [0, 0.05) is 24.9 Å². The van der Waals surface area contributed by atoms with Gasteiger partial charge in [-0.25, -0.2) is 8.42 Å². The number of nitrogens with one attached hydrogen (secondary N) is 2. The van der Waals surface area contributed by atoms with Crippen molar-refractivity contribution in [2.75, 3.05) is 25.0 Å². The molecule has 0 heterocycles. The average molecular weight is 348 g/mol. The van der Waals surface area contributed by atoms with E-state index in [0.29, 0.717) is 24.4 Å². The van der Waals surface area contributed by atoms with E-state index in [0.717, 1.165) is 5.56 Å². The molecule has 0 saturated carbocycles. The minimum absolute atomic E-state index is 0.0949. The highest BCUT2D eigenvalue weighted by atomic mass is 32.2. The van der Waals surface area contributed by atoms with Crippen LogP contribution in [0.5, 0.6) is 0 Å². The lowest BCUT2D eigenvalue weighted by Gasteiger charge is -2.09. The minimum Gasteiger partial charge on any atom is -0.383 e. The number of benzene rings is 2. The molecule has 6 nitrogen and oxygen atoms in total. The Morgan fingerprint density at radius 2 is 1.83 bits per heavy atom. The van der Waals surface area contributed by atoms with Gasteiger partial charge in [0.1, 0.15) is 0 Å². The summed E-state index contributed by atoms with van der Waals surface area (Å²) in [6.45, 7) is 2.69. The van der Waals surface area contributed by atoms with E-state index in [4.69, 9.17) is 4.74 Å². The summed E-state index contributed by atoms with van der Waals surface area (Å²) in [6.07, 6.45) is 0. The third kappa shape index (κ3) is 4.81. The first-order chi connectivity index (χ1) is 11.4. The molecule has 0 aliphatic carbocycles. The lowest BCUT2D eigenvalue weighted by Crippen LogP contribution is -2.26. The van der Waals surface area contributed by atoms with Crippen LogP contribution in [0.1, 0.15) is 15.9 Å². The van der Waals surface area contributed by atoms with E-state index >= 15 is 0 Å². The van der Waals surface area contributed by atoms with Crippen LogP contribution in [0.3, 0.4) is 0 Å². The summed E-state index contributed by atoms with van der Waals surface area (Å²) in [5.41, 5.74) is 1.84. The molecule has 0 radical (unpaired) electrons. The summed E-state index contributed by atoms with van der Waals surface area (Å²) in [7, 11) is -2.15. The van der Waals surface area contributed by atoms with Gasteiger partial charge in [-0.05, 0) is 48.9 Å². The number of aryl methyl sites for hydroxylation is 1. The molecular weight excluding hydrogens is 328 g/mol. The molecule has 2 N–H and O–H groups in total. The number of rotatable bonds is 7. The first kappa shape index (κ1) is 18.0. The first-order valence-electron chi connectivity index (χ1n) is 7.39. The Balaban J connectivity index is 2.10. The van der Waals surface area contributed by atoms with E-state index in [2.05, 4.69) is 10.0 Å². The molecule has 24 heavy (non-hydrogen) atoms. The number of hydrogen-bond acceptors (Lipinski definition) is 4. The van der Waals surface area contributed by atoms with Crippen molar-refractivity contribution < 1.29 is 17.9 Å². The van der Waals surface area contributed by atoms with E-state index in [-0.39, 0.29) is 10.8 Å². The molecule has 1 amide bonds. The van der Waals surface area contributed by atoms with Gasteiger partial charge in [0.15, 0.2) is 0 Å². The summed E-state index contributed by atoms with van der Waals surface area (Å²) >= 11 is 0. The zero-order valence-electron chi connectivity index (χ0n) is 13.6. The average Bonchev–Trinajstić information content (AvgIpc) is 2.55. The maximum absolute atomic E-state index is 12.4. The second kappa shape index (κ2) is 7.94. The number of anilines is 1. The highest BCUT2D eigenvalue weighted by Crippen LogP contribution is 2.17. The van der Waals surface area contributed by atoms with Crippen molar-refractivity contribution in [3.05, 3.63) is 59.7 Å². The van der Waals surface area contributed by atoms with Gasteiger partial charge >= 0.3 is 0 Å². The molecule has 0 saturated heterocycles. The molecule has 0 aliphatic heterocycles. The van der Waals surface area contributed by atoms with Crippen molar-refractivity contribution in [2.45, 2.75) is 11.8 Å². The summed E-state index contributed by atoms with van der Waals surface area (Å²) < 4.78 is 32.1. The van der Waals surface area contributed by atoms with Crippen molar-refractivity contribution in [3.8, 4) is 0 Å². The number of methoxy groups -OCH3 is 1. The van der Waals surface area contributed by atoms with E-state index in [1.165, 1.54) is 24.3 Å². The fraction of sp³-hybridized carbons (Fsp3) is 0.235. The molecule has 0 aliphatic rings. The van der Waals surface area contributed by atoms with Crippen LogP contribution in [-0.4, -0.2) is 34.6 Å². The van der Waals surface area contributed by atoms with Crippen molar-refractivity contribution in [2.24, 2.45) is 0 Å². The summed E-state index contributed by atoms with van der Waals surface area (Å²) in [4.78, 5) is 12.0. The Morgan fingerprint density at radius 3 is 2.46 bits per heavy atom. The zero-order valence-corrected chi connectivity index (χ0v) is 14.4. The van der Waals surface area contributed by atoms with Gasteiger partial charge in [-0.2, -0.15) is 0 Å². The van der Waals surface area contributed by atoms with Crippen LogP contribution >= 0.6 is 0 Å². The van der Waals surface area contributed by atoms with Crippen molar-refractivity contribution in [3.63, 3.8) is 0 Å². The highest BCUT2D eigenvalue weighted by molar-refractivity contribution is 7.92. The third-order valence-electron chi connectivity index (χ3n) is 3.29. The van der Waals surface area contributed by atoms with Gasteiger partial charge in [-0.15, -0.1) is 0 Å². The molecule has 2 rings (SSSR count). The highest BCUT2D eigenvalue weighted by Gasteiger charge is 2.15. The third-order valence-corrected chi connectivity index (χ3v) is 4.69. The molecule has 7 heteroatoms. The molecule has 128 valence electrons. The summed E-state index contributed by atoms with van der Waals surface area (Å²) in [5.74, 6) is -0.275. The number of ether oxygens (including phenoxy) is 1. The number of amides is 1. The zero-order chi connectivity index (χ0) is 17.6. The first-order valence-corrected chi connectivity index (χ1v) is 8.87. The maximum Gasteiger partial charge on any atom is 0.261 e. The molecule has 0 unspecified atom stereocenters. The van der Waals surface area contributed by atoms with Crippen LogP contribution in [0.15, 0.2) is 53.4 Å². The fourth-order valence-electron chi connectivity index (χ4n) is 2.08. The van der Waals surface area contributed by atoms with Crippen molar-refractivity contribution in [1.29, 1.82) is 0 Å². The van der Waals surface area contributed by atoms with E-state index in [9.17, 15) is 13.2 Å².